The third kappa shape index (κ3) is 6.14. The molecule has 0 bridgehead atoms. The number of hydrogen-bond donors (Lipinski definition) is 3. The molecule has 2 aliphatic rings. The molecular formula is C15H30IN3OS. The highest BCUT2D eigenvalue weighted by Crippen LogP contribution is 2.36. The van der Waals surface area contributed by atoms with Crippen LogP contribution >= 0.6 is 35.7 Å². The standard InChI is InChI=1S/C15H29N3OS.HI/c1-3-16-13(17-11-14(2)7-6-10-20-14)18-12-15(19)8-4-5-9-15;/h19H,3-12H2,1-2H3,(H2,16,17,18);1H. The molecule has 1 aliphatic heterocycles. The maximum Gasteiger partial charge on any atom is 0.191 e. The van der Waals surface area contributed by atoms with Crippen molar-refractivity contribution in [3.8, 4) is 0 Å². The van der Waals surface area contributed by atoms with Crippen LogP contribution < -0.4 is 10.6 Å². The predicted molar refractivity (Wildman–Crippen MR) is 103 cm³/mol. The fourth-order valence-corrected chi connectivity index (χ4v) is 4.25. The van der Waals surface area contributed by atoms with E-state index in [0.717, 1.165) is 44.7 Å². The van der Waals surface area contributed by atoms with Crippen LogP contribution in [-0.4, -0.2) is 46.8 Å². The van der Waals surface area contributed by atoms with Crippen molar-refractivity contribution in [3.05, 3.63) is 0 Å². The van der Waals surface area contributed by atoms with Gasteiger partial charge in [-0.05, 0) is 45.3 Å². The third-order valence-corrected chi connectivity index (χ3v) is 5.88. The number of nitrogens with one attached hydrogen (secondary N) is 2. The van der Waals surface area contributed by atoms with E-state index in [1.807, 2.05) is 0 Å². The topological polar surface area (TPSA) is 56.7 Å². The first-order chi connectivity index (χ1) is 9.55. The molecule has 0 aromatic carbocycles. The van der Waals surface area contributed by atoms with E-state index in [2.05, 4.69) is 41.2 Å². The number of thioether (sulfide) groups is 1. The molecule has 4 nitrogen and oxygen atoms in total. The first-order valence-electron chi connectivity index (χ1n) is 7.94. The van der Waals surface area contributed by atoms with Crippen molar-refractivity contribution in [2.45, 2.75) is 62.7 Å². The molecule has 21 heavy (non-hydrogen) atoms. The predicted octanol–water partition coefficient (Wildman–Crippen LogP) is 2.75. The van der Waals surface area contributed by atoms with Gasteiger partial charge in [0.05, 0.1) is 12.1 Å². The van der Waals surface area contributed by atoms with E-state index in [1.165, 1.54) is 18.6 Å². The fraction of sp³-hybridized carbons (Fsp3) is 0.933. The van der Waals surface area contributed by atoms with Gasteiger partial charge in [-0.25, -0.2) is 0 Å². The Hall–Kier alpha value is 0.310. The second-order valence-corrected chi connectivity index (χ2v) is 8.06. The van der Waals surface area contributed by atoms with Gasteiger partial charge in [-0.15, -0.1) is 24.0 Å². The number of rotatable bonds is 5. The molecule has 0 spiro atoms. The minimum atomic E-state index is -0.561. The zero-order valence-electron chi connectivity index (χ0n) is 13.3. The number of guanidine groups is 1. The van der Waals surface area contributed by atoms with Gasteiger partial charge in [0.2, 0.25) is 0 Å². The van der Waals surface area contributed by atoms with E-state index in [-0.39, 0.29) is 24.0 Å². The lowest BCUT2D eigenvalue weighted by atomic mass is 10.0. The highest BCUT2D eigenvalue weighted by molar-refractivity contribution is 14.0. The van der Waals surface area contributed by atoms with Crippen molar-refractivity contribution in [2.75, 3.05) is 25.4 Å². The van der Waals surface area contributed by atoms with E-state index in [4.69, 9.17) is 0 Å². The molecule has 124 valence electrons. The Morgan fingerprint density at radius 2 is 1.90 bits per heavy atom. The zero-order valence-corrected chi connectivity index (χ0v) is 16.4. The second kappa shape index (κ2) is 8.82. The Kier molecular flexibility index (Phi) is 8.13. The van der Waals surface area contributed by atoms with E-state index in [0.29, 0.717) is 11.3 Å². The van der Waals surface area contributed by atoms with Gasteiger partial charge >= 0.3 is 0 Å². The van der Waals surface area contributed by atoms with Crippen LogP contribution in [0.3, 0.4) is 0 Å². The summed E-state index contributed by atoms with van der Waals surface area (Å²) >= 11 is 2.05. The Morgan fingerprint density at radius 1 is 1.19 bits per heavy atom. The van der Waals surface area contributed by atoms with Crippen LogP contribution in [0.1, 0.15) is 52.4 Å². The van der Waals surface area contributed by atoms with Crippen LogP contribution in [0.25, 0.3) is 0 Å². The van der Waals surface area contributed by atoms with Crippen LogP contribution in [0, 0.1) is 0 Å². The molecule has 0 amide bonds. The van der Waals surface area contributed by atoms with Crippen LogP contribution in [0.2, 0.25) is 0 Å². The Labute approximate surface area is 150 Å². The molecule has 2 rings (SSSR count). The Morgan fingerprint density at radius 3 is 2.48 bits per heavy atom. The van der Waals surface area contributed by atoms with Gasteiger partial charge in [-0.2, -0.15) is 11.8 Å². The number of halogens is 1. The summed E-state index contributed by atoms with van der Waals surface area (Å²) in [6.07, 6.45) is 6.63. The summed E-state index contributed by atoms with van der Waals surface area (Å²) in [4.78, 5) is 4.59. The molecule has 1 atom stereocenters. The molecular weight excluding hydrogens is 397 g/mol. The van der Waals surface area contributed by atoms with Crippen molar-refractivity contribution in [1.29, 1.82) is 0 Å². The quantitative estimate of drug-likeness (QED) is 0.359. The second-order valence-electron chi connectivity index (χ2n) is 6.38. The van der Waals surface area contributed by atoms with E-state index >= 15 is 0 Å². The molecule has 2 fully saturated rings. The lowest BCUT2D eigenvalue weighted by molar-refractivity contribution is 0.0574. The normalized spacial score (nSPS) is 28.2. The molecule has 1 unspecified atom stereocenters. The summed E-state index contributed by atoms with van der Waals surface area (Å²) in [6.45, 7) is 6.72. The van der Waals surface area contributed by atoms with Gasteiger partial charge in [0.25, 0.3) is 0 Å². The van der Waals surface area contributed by atoms with Gasteiger partial charge in [0.1, 0.15) is 0 Å². The summed E-state index contributed by atoms with van der Waals surface area (Å²) in [5.41, 5.74) is -0.561. The first-order valence-corrected chi connectivity index (χ1v) is 8.92. The summed E-state index contributed by atoms with van der Waals surface area (Å²) < 4.78 is 0.334. The van der Waals surface area contributed by atoms with Gasteiger partial charge in [0.15, 0.2) is 5.96 Å². The number of nitrogens with zero attached hydrogens (tertiary/aromatic N) is 1. The van der Waals surface area contributed by atoms with Crippen LogP contribution in [-0.2, 0) is 0 Å². The molecule has 0 aromatic rings. The average Bonchev–Trinajstić information content (AvgIpc) is 3.03. The molecule has 1 heterocycles. The molecule has 3 N–H and O–H groups in total. The van der Waals surface area contributed by atoms with Gasteiger partial charge in [0, 0.05) is 17.8 Å². The van der Waals surface area contributed by atoms with Crippen molar-refractivity contribution >= 4 is 41.7 Å². The lowest BCUT2D eigenvalue weighted by Crippen LogP contribution is -2.44. The smallest absolute Gasteiger partial charge is 0.191 e. The highest BCUT2D eigenvalue weighted by Gasteiger charge is 2.31. The average molecular weight is 427 g/mol. The first kappa shape index (κ1) is 19.4. The van der Waals surface area contributed by atoms with Gasteiger partial charge < -0.3 is 15.7 Å². The minimum absolute atomic E-state index is 0. The van der Waals surface area contributed by atoms with Crippen molar-refractivity contribution in [1.82, 2.24) is 10.6 Å². The monoisotopic (exact) mass is 427 g/mol. The van der Waals surface area contributed by atoms with Crippen LogP contribution in [0.4, 0.5) is 0 Å². The molecule has 1 saturated heterocycles. The van der Waals surface area contributed by atoms with E-state index in [1.54, 1.807) is 0 Å². The number of aliphatic imine (C=N–C) groups is 1. The molecule has 6 heteroatoms. The maximum atomic E-state index is 10.4. The fourth-order valence-electron chi connectivity index (χ4n) is 3.01. The van der Waals surface area contributed by atoms with Gasteiger partial charge in [-0.1, -0.05) is 12.8 Å². The molecule has 0 aromatic heterocycles. The maximum absolute atomic E-state index is 10.4. The van der Waals surface area contributed by atoms with E-state index in [9.17, 15) is 5.11 Å². The molecule has 0 radical (unpaired) electrons. The SMILES string of the molecule is CCNC(=NCC1(O)CCCC1)NCC1(C)CCCS1.I. The van der Waals surface area contributed by atoms with Crippen molar-refractivity contribution < 1.29 is 5.11 Å². The highest BCUT2D eigenvalue weighted by atomic mass is 127. The molecule has 1 saturated carbocycles. The van der Waals surface area contributed by atoms with Crippen LogP contribution in [0.5, 0.6) is 0 Å². The summed E-state index contributed by atoms with van der Waals surface area (Å²) in [6, 6.07) is 0. The van der Waals surface area contributed by atoms with Crippen LogP contribution in [0.15, 0.2) is 4.99 Å². The van der Waals surface area contributed by atoms with Crippen molar-refractivity contribution in [3.63, 3.8) is 0 Å². The summed E-state index contributed by atoms with van der Waals surface area (Å²) in [7, 11) is 0. The lowest BCUT2D eigenvalue weighted by Gasteiger charge is -2.25. The number of aliphatic hydroxyl groups is 1. The Bertz CT molecular complexity index is 340. The Balaban J connectivity index is 0.00000220. The third-order valence-electron chi connectivity index (χ3n) is 4.34. The van der Waals surface area contributed by atoms with E-state index < -0.39 is 5.60 Å². The minimum Gasteiger partial charge on any atom is -0.388 e. The largest absolute Gasteiger partial charge is 0.388 e. The van der Waals surface area contributed by atoms with Gasteiger partial charge in [-0.3, -0.25) is 4.99 Å². The van der Waals surface area contributed by atoms with Crippen molar-refractivity contribution in [2.24, 2.45) is 4.99 Å². The molecule has 1 aliphatic carbocycles. The number of hydrogen-bond acceptors (Lipinski definition) is 3. The summed E-state index contributed by atoms with van der Waals surface area (Å²) in [5.74, 6) is 2.12. The zero-order chi connectivity index (χ0) is 14.5. The summed E-state index contributed by atoms with van der Waals surface area (Å²) in [5, 5.41) is 17.1.